The van der Waals surface area contributed by atoms with Gasteiger partial charge < -0.3 is 14.8 Å². The van der Waals surface area contributed by atoms with Gasteiger partial charge in [0.2, 0.25) is 0 Å². The van der Waals surface area contributed by atoms with Gasteiger partial charge >= 0.3 is 0 Å². The van der Waals surface area contributed by atoms with Gasteiger partial charge in [-0.2, -0.15) is 0 Å². The fraction of sp³-hybridized carbons (Fsp3) is 0.389. The standard InChI is InChI=1S/C18H19ClN4O5/c1-27-17-18(21-9-8-20-17)28-13-5-3-12(4-6-13)22-16(24)14-10-11(19)2-7-15(14)23(25)26/h2,7-10,12-13H,3-6H2,1H3,(H,22,24). The number of hydrogen-bond donors (Lipinski definition) is 1. The van der Waals surface area contributed by atoms with E-state index in [1.807, 2.05) is 0 Å². The molecule has 1 aromatic heterocycles. The topological polar surface area (TPSA) is 116 Å². The number of nitrogens with one attached hydrogen (secondary N) is 1. The maximum atomic E-state index is 12.5. The third-order valence-electron chi connectivity index (χ3n) is 4.51. The van der Waals surface area contributed by atoms with Crippen LogP contribution in [0.2, 0.25) is 5.02 Å². The third kappa shape index (κ3) is 4.66. The fourth-order valence-corrected chi connectivity index (χ4v) is 3.30. The Labute approximate surface area is 166 Å². The first kappa shape index (κ1) is 19.8. The minimum atomic E-state index is -0.593. The predicted molar refractivity (Wildman–Crippen MR) is 101 cm³/mol. The summed E-state index contributed by atoms with van der Waals surface area (Å²) in [6.45, 7) is 0. The minimum absolute atomic E-state index is 0.0415. The second-order valence-corrected chi connectivity index (χ2v) is 6.79. The lowest BCUT2D eigenvalue weighted by atomic mass is 9.92. The van der Waals surface area contributed by atoms with Gasteiger partial charge in [0.1, 0.15) is 11.7 Å². The number of hydrogen-bond acceptors (Lipinski definition) is 7. The molecule has 9 nitrogen and oxygen atoms in total. The highest BCUT2D eigenvalue weighted by molar-refractivity contribution is 6.31. The van der Waals surface area contributed by atoms with Crippen LogP contribution in [-0.4, -0.2) is 40.1 Å². The number of carbonyl (C=O) groups excluding carboxylic acids is 1. The summed E-state index contributed by atoms with van der Waals surface area (Å²) in [5.41, 5.74) is -0.311. The van der Waals surface area contributed by atoms with Crippen molar-refractivity contribution in [3.63, 3.8) is 0 Å². The van der Waals surface area contributed by atoms with E-state index in [1.54, 1.807) is 0 Å². The van der Waals surface area contributed by atoms with Gasteiger partial charge in [0, 0.05) is 29.5 Å². The van der Waals surface area contributed by atoms with Crippen molar-refractivity contribution in [3.8, 4) is 11.8 Å². The van der Waals surface area contributed by atoms with Gasteiger partial charge in [-0.05, 0) is 37.8 Å². The van der Waals surface area contributed by atoms with E-state index in [0.717, 1.165) is 0 Å². The van der Waals surface area contributed by atoms with Gasteiger partial charge in [-0.1, -0.05) is 11.6 Å². The van der Waals surface area contributed by atoms with Gasteiger partial charge in [-0.15, -0.1) is 0 Å². The summed E-state index contributed by atoms with van der Waals surface area (Å²) in [6, 6.07) is 3.83. The average Bonchev–Trinajstić information content (AvgIpc) is 2.69. The number of halogens is 1. The van der Waals surface area contributed by atoms with E-state index in [1.165, 1.54) is 37.7 Å². The van der Waals surface area contributed by atoms with Gasteiger partial charge in [-0.3, -0.25) is 14.9 Å². The molecule has 1 aliphatic rings. The molecule has 148 valence electrons. The molecule has 1 N–H and O–H groups in total. The van der Waals surface area contributed by atoms with Crippen LogP contribution in [0, 0.1) is 10.1 Å². The van der Waals surface area contributed by atoms with Gasteiger partial charge in [0.25, 0.3) is 23.4 Å². The first-order valence-corrected chi connectivity index (χ1v) is 9.12. The monoisotopic (exact) mass is 406 g/mol. The van der Waals surface area contributed by atoms with E-state index in [2.05, 4.69) is 15.3 Å². The van der Waals surface area contributed by atoms with E-state index in [9.17, 15) is 14.9 Å². The van der Waals surface area contributed by atoms with Crippen molar-refractivity contribution >= 4 is 23.2 Å². The van der Waals surface area contributed by atoms with Crippen LogP contribution in [-0.2, 0) is 0 Å². The number of amides is 1. The lowest BCUT2D eigenvalue weighted by Gasteiger charge is -2.29. The summed E-state index contributed by atoms with van der Waals surface area (Å²) in [7, 11) is 1.50. The number of methoxy groups -OCH3 is 1. The smallest absolute Gasteiger partial charge is 0.282 e. The summed E-state index contributed by atoms with van der Waals surface area (Å²) in [5, 5.41) is 14.3. The summed E-state index contributed by atoms with van der Waals surface area (Å²) < 4.78 is 11.0. The second-order valence-electron chi connectivity index (χ2n) is 6.35. The van der Waals surface area contributed by atoms with Crippen LogP contribution < -0.4 is 14.8 Å². The molecule has 2 aromatic rings. The molecule has 0 atom stereocenters. The van der Waals surface area contributed by atoms with Crippen molar-refractivity contribution in [1.82, 2.24) is 15.3 Å². The van der Waals surface area contributed by atoms with E-state index in [4.69, 9.17) is 21.1 Å². The molecular weight excluding hydrogens is 388 g/mol. The van der Waals surface area contributed by atoms with Crippen molar-refractivity contribution in [2.45, 2.75) is 37.8 Å². The summed E-state index contributed by atoms with van der Waals surface area (Å²) in [5.74, 6) is 0.160. The average molecular weight is 407 g/mol. The molecule has 1 saturated carbocycles. The highest BCUT2D eigenvalue weighted by atomic mass is 35.5. The van der Waals surface area contributed by atoms with E-state index >= 15 is 0 Å². The highest BCUT2D eigenvalue weighted by Gasteiger charge is 2.27. The third-order valence-corrected chi connectivity index (χ3v) is 4.75. The molecule has 0 aliphatic heterocycles. The zero-order valence-electron chi connectivity index (χ0n) is 15.1. The fourth-order valence-electron chi connectivity index (χ4n) is 3.13. The SMILES string of the molecule is COc1nccnc1OC1CCC(NC(=O)c2cc(Cl)ccc2[N+](=O)[O-])CC1. The molecule has 1 fully saturated rings. The zero-order chi connectivity index (χ0) is 20.1. The normalized spacial score (nSPS) is 18.9. The van der Waals surface area contributed by atoms with Crippen molar-refractivity contribution in [2.24, 2.45) is 0 Å². The van der Waals surface area contributed by atoms with Crippen LogP contribution >= 0.6 is 11.6 Å². The molecule has 3 rings (SSSR count). The Bertz CT molecular complexity index is 871. The van der Waals surface area contributed by atoms with Crippen molar-refractivity contribution < 1.29 is 19.2 Å². The number of ether oxygens (including phenoxy) is 2. The van der Waals surface area contributed by atoms with Gasteiger partial charge in [-0.25, -0.2) is 9.97 Å². The largest absolute Gasteiger partial charge is 0.477 e. The summed E-state index contributed by atoms with van der Waals surface area (Å²) in [4.78, 5) is 31.2. The number of nitrogens with zero attached hydrogens (tertiary/aromatic N) is 3. The molecule has 1 heterocycles. The maximum absolute atomic E-state index is 12.5. The molecule has 0 spiro atoms. The maximum Gasteiger partial charge on any atom is 0.282 e. The molecule has 0 bridgehead atoms. The molecular formula is C18H19ClN4O5. The Hall–Kier alpha value is -2.94. The quantitative estimate of drug-likeness (QED) is 0.578. The van der Waals surface area contributed by atoms with Crippen LogP contribution in [0.3, 0.4) is 0 Å². The van der Waals surface area contributed by atoms with Gasteiger partial charge in [0.15, 0.2) is 0 Å². The van der Waals surface area contributed by atoms with Crippen LogP contribution in [0.4, 0.5) is 5.69 Å². The Balaban J connectivity index is 1.58. The lowest BCUT2D eigenvalue weighted by Crippen LogP contribution is -2.40. The molecule has 0 saturated heterocycles. The summed E-state index contributed by atoms with van der Waals surface area (Å²) >= 11 is 5.89. The zero-order valence-corrected chi connectivity index (χ0v) is 15.9. The number of nitro benzene ring substituents is 1. The summed E-state index contributed by atoms with van der Waals surface area (Å²) in [6.07, 6.45) is 5.72. The van der Waals surface area contributed by atoms with Crippen molar-refractivity contribution in [2.75, 3.05) is 7.11 Å². The minimum Gasteiger partial charge on any atom is -0.477 e. The van der Waals surface area contributed by atoms with E-state index in [0.29, 0.717) is 37.4 Å². The number of nitro groups is 1. The Morgan fingerprint density at radius 3 is 2.54 bits per heavy atom. The van der Waals surface area contributed by atoms with Crippen molar-refractivity contribution in [1.29, 1.82) is 0 Å². The van der Waals surface area contributed by atoms with Crippen LogP contribution in [0.25, 0.3) is 0 Å². The Morgan fingerprint density at radius 1 is 1.21 bits per heavy atom. The van der Waals surface area contributed by atoms with Crippen LogP contribution in [0.5, 0.6) is 11.8 Å². The van der Waals surface area contributed by atoms with E-state index in [-0.39, 0.29) is 28.4 Å². The number of carbonyl (C=O) groups is 1. The van der Waals surface area contributed by atoms with Gasteiger partial charge in [0.05, 0.1) is 12.0 Å². The molecule has 10 heteroatoms. The molecule has 28 heavy (non-hydrogen) atoms. The molecule has 1 aliphatic carbocycles. The number of aromatic nitrogens is 2. The first-order chi connectivity index (χ1) is 13.5. The highest BCUT2D eigenvalue weighted by Crippen LogP contribution is 2.28. The molecule has 1 amide bonds. The van der Waals surface area contributed by atoms with E-state index < -0.39 is 10.8 Å². The number of rotatable bonds is 6. The predicted octanol–water partition coefficient (Wildman–Crippen LogP) is 3.17. The molecule has 0 radical (unpaired) electrons. The number of benzene rings is 1. The molecule has 1 aromatic carbocycles. The van der Waals surface area contributed by atoms with Crippen LogP contribution in [0.1, 0.15) is 36.0 Å². The molecule has 0 unspecified atom stereocenters. The lowest BCUT2D eigenvalue weighted by molar-refractivity contribution is -0.385. The second kappa shape index (κ2) is 8.83. The Morgan fingerprint density at radius 2 is 1.89 bits per heavy atom. The van der Waals surface area contributed by atoms with Crippen LogP contribution in [0.15, 0.2) is 30.6 Å². The Kier molecular flexibility index (Phi) is 6.25. The first-order valence-electron chi connectivity index (χ1n) is 8.74. The van der Waals surface area contributed by atoms with Crippen molar-refractivity contribution in [3.05, 3.63) is 51.3 Å².